The molecule has 0 radical (unpaired) electrons. The van der Waals surface area contributed by atoms with Crippen LogP contribution in [0.2, 0.25) is 0 Å². The number of nitrogens with one attached hydrogen (secondary N) is 1. The van der Waals surface area contributed by atoms with E-state index in [1.54, 1.807) is 5.32 Å². The Labute approximate surface area is 84.5 Å². The van der Waals surface area contributed by atoms with E-state index in [1.165, 1.54) is 0 Å². The van der Waals surface area contributed by atoms with E-state index >= 15 is 0 Å². The van der Waals surface area contributed by atoms with Crippen LogP contribution < -0.4 is 5.32 Å². The van der Waals surface area contributed by atoms with Gasteiger partial charge in [-0.1, -0.05) is 11.3 Å². The minimum absolute atomic E-state index is 0.0203. The van der Waals surface area contributed by atoms with E-state index in [0.29, 0.717) is 11.3 Å². The van der Waals surface area contributed by atoms with Crippen LogP contribution in [0.1, 0.15) is 15.4 Å². The minimum Gasteiger partial charge on any atom is -0.465 e. The second-order valence-corrected chi connectivity index (χ2v) is 3.31. The van der Waals surface area contributed by atoms with Gasteiger partial charge in [0.1, 0.15) is 4.88 Å². The molecular weight excluding hydrogens is 237 g/mol. The molecule has 5 nitrogen and oxygen atoms in total. The topological polar surface area (TPSA) is 79.3 Å². The van der Waals surface area contributed by atoms with E-state index in [2.05, 4.69) is 4.98 Å². The van der Waals surface area contributed by atoms with Crippen molar-refractivity contribution in [2.45, 2.75) is 6.18 Å². The van der Waals surface area contributed by atoms with Gasteiger partial charge >= 0.3 is 12.3 Å². The zero-order valence-corrected chi connectivity index (χ0v) is 7.65. The van der Waals surface area contributed by atoms with Crippen LogP contribution in [0, 0.1) is 0 Å². The summed E-state index contributed by atoms with van der Waals surface area (Å²) in [6.07, 6.45) is -6.34. The standard InChI is InChI=1S/C6H3F3N2O3S/c7-6(8,9)3-2(1-12)15-4(10-3)11-5(13)14/h1H,(H,10,11)(H,13,14). The molecule has 0 saturated carbocycles. The van der Waals surface area contributed by atoms with Crippen LogP contribution in [0.4, 0.5) is 23.1 Å². The highest BCUT2D eigenvalue weighted by molar-refractivity contribution is 7.17. The highest BCUT2D eigenvalue weighted by Crippen LogP contribution is 2.35. The molecule has 0 aliphatic carbocycles. The molecule has 0 aliphatic heterocycles. The molecule has 0 atom stereocenters. The number of hydrogen-bond donors (Lipinski definition) is 2. The van der Waals surface area contributed by atoms with Crippen molar-refractivity contribution in [2.24, 2.45) is 0 Å². The first kappa shape index (κ1) is 11.4. The molecule has 0 aliphatic rings. The van der Waals surface area contributed by atoms with Crippen molar-refractivity contribution < 1.29 is 27.9 Å². The van der Waals surface area contributed by atoms with E-state index in [-0.39, 0.29) is 6.29 Å². The van der Waals surface area contributed by atoms with E-state index in [9.17, 15) is 22.8 Å². The van der Waals surface area contributed by atoms with Crippen molar-refractivity contribution >= 4 is 28.8 Å². The third kappa shape index (κ3) is 2.65. The average Bonchev–Trinajstić information content (AvgIpc) is 2.45. The molecule has 2 N–H and O–H groups in total. The summed E-state index contributed by atoms with van der Waals surface area (Å²) in [6.45, 7) is 0. The summed E-state index contributed by atoms with van der Waals surface area (Å²) in [4.78, 5) is 22.7. The minimum atomic E-state index is -4.77. The third-order valence-electron chi connectivity index (χ3n) is 1.24. The quantitative estimate of drug-likeness (QED) is 0.775. The van der Waals surface area contributed by atoms with Gasteiger partial charge in [0.25, 0.3) is 0 Å². The zero-order valence-electron chi connectivity index (χ0n) is 6.83. The molecule has 1 heterocycles. The van der Waals surface area contributed by atoms with Gasteiger partial charge in [0.05, 0.1) is 0 Å². The Morgan fingerprint density at radius 1 is 1.53 bits per heavy atom. The number of thiazole rings is 1. The lowest BCUT2D eigenvalue weighted by Crippen LogP contribution is -2.10. The number of alkyl halides is 3. The molecule has 0 unspecified atom stereocenters. The number of carbonyl (C=O) groups is 2. The maximum atomic E-state index is 12.2. The molecule has 0 bridgehead atoms. The fraction of sp³-hybridized carbons (Fsp3) is 0.167. The number of nitrogens with zero attached hydrogens (tertiary/aromatic N) is 1. The van der Waals surface area contributed by atoms with E-state index < -0.39 is 28.0 Å². The summed E-state index contributed by atoms with van der Waals surface area (Å²) < 4.78 is 36.6. The summed E-state index contributed by atoms with van der Waals surface area (Å²) in [5.41, 5.74) is -1.38. The van der Waals surface area contributed by atoms with E-state index in [1.807, 2.05) is 0 Å². The first-order chi connectivity index (χ1) is 6.84. The number of amides is 1. The summed E-state index contributed by atoms with van der Waals surface area (Å²) in [5, 5.41) is 9.38. The number of anilines is 1. The Bertz CT molecular complexity index is 401. The van der Waals surface area contributed by atoms with Gasteiger partial charge in [-0.05, 0) is 0 Å². The summed E-state index contributed by atoms with van der Waals surface area (Å²) in [7, 11) is 0. The predicted octanol–water partition coefficient (Wildman–Crippen LogP) is 2.06. The van der Waals surface area contributed by atoms with Crippen LogP contribution in [-0.2, 0) is 6.18 Å². The fourth-order valence-electron chi connectivity index (χ4n) is 0.760. The number of halogens is 3. The van der Waals surface area contributed by atoms with E-state index in [0.717, 1.165) is 0 Å². The second kappa shape index (κ2) is 3.85. The number of aldehydes is 1. The Morgan fingerprint density at radius 2 is 2.13 bits per heavy atom. The Morgan fingerprint density at radius 3 is 2.47 bits per heavy atom. The van der Waals surface area contributed by atoms with Crippen LogP contribution in [-0.4, -0.2) is 22.5 Å². The molecule has 15 heavy (non-hydrogen) atoms. The summed E-state index contributed by atoms with van der Waals surface area (Å²) >= 11 is 0.324. The Kier molecular flexibility index (Phi) is 2.93. The highest BCUT2D eigenvalue weighted by atomic mass is 32.1. The van der Waals surface area contributed by atoms with Gasteiger partial charge in [0.15, 0.2) is 17.1 Å². The largest absolute Gasteiger partial charge is 0.465 e. The zero-order chi connectivity index (χ0) is 11.6. The monoisotopic (exact) mass is 240 g/mol. The van der Waals surface area contributed by atoms with Crippen LogP contribution in [0.5, 0.6) is 0 Å². The third-order valence-corrected chi connectivity index (χ3v) is 2.14. The highest BCUT2D eigenvalue weighted by Gasteiger charge is 2.37. The van der Waals surface area contributed by atoms with Gasteiger partial charge in [-0.2, -0.15) is 13.2 Å². The first-order valence-electron chi connectivity index (χ1n) is 3.37. The molecular formula is C6H3F3N2O3S. The number of carboxylic acid groups (broad SMARTS) is 1. The SMILES string of the molecule is O=Cc1sc(NC(=O)O)nc1C(F)(F)F. The molecule has 0 fully saturated rings. The molecule has 82 valence electrons. The van der Waals surface area contributed by atoms with Gasteiger partial charge < -0.3 is 5.11 Å². The average molecular weight is 240 g/mol. The number of carbonyl (C=O) groups excluding carboxylic acids is 1. The van der Waals surface area contributed by atoms with Gasteiger partial charge in [0.2, 0.25) is 0 Å². The van der Waals surface area contributed by atoms with Gasteiger partial charge in [0, 0.05) is 0 Å². The first-order valence-corrected chi connectivity index (χ1v) is 4.19. The van der Waals surface area contributed by atoms with Crippen LogP contribution >= 0.6 is 11.3 Å². The van der Waals surface area contributed by atoms with Crippen LogP contribution in [0.25, 0.3) is 0 Å². The van der Waals surface area contributed by atoms with Crippen molar-refractivity contribution in [3.63, 3.8) is 0 Å². The molecule has 1 amide bonds. The van der Waals surface area contributed by atoms with Crippen molar-refractivity contribution in [3.8, 4) is 0 Å². The normalized spacial score (nSPS) is 11.1. The summed E-state index contributed by atoms with van der Waals surface area (Å²) in [6, 6.07) is 0. The predicted molar refractivity (Wildman–Crippen MR) is 44.2 cm³/mol. The van der Waals surface area contributed by atoms with Crippen molar-refractivity contribution in [2.75, 3.05) is 5.32 Å². The molecule has 1 aromatic heterocycles. The van der Waals surface area contributed by atoms with E-state index in [4.69, 9.17) is 5.11 Å². The lowest BCUT2D eigenvalue weighted by Gasteiger charge is -2.01. The smallest absolute Gasteiger partial charge is 0.434 e. The molecule has 1 aromatic rings. The Hall–Kier alpha value is -1.64. The Balaban J connectivity index is 3.11. The molecule has 0 spiro atoms. The lowest BCUT2D eigenvalue weighted by atomic mass is 10.4. The van der Waals surface area contributed by atoms with Crippen LogP contribution in [0.3, 0.4) is 0 Å². The fourth-order valence-corrected chi connectivity index (χ4v) is 1.55. The van der Waals surface area contributed by atoms with Gasteiger partial charge in [-0.15, -0.1) is 0 Å². The van der Waals surface area contributed by atoms with Crippen molar-refractivity contribution in [1.82, 2.24) is 4.98 Å². The molecule has 1 rings (SSSR count). The number of aromatic nitrogens is 1. The van der Waals surface area contributed by atoms with Gasteiger partial charge in [-0.25, -0.2) is 9.78 Å². The maximum Gasteiger partial charge on any atom is 0.434 e. The van der Waals surface area contributed by atoms with Gasteiger partial charge in [-0.3, -0.25) is 10.1 Å². The molecule has 0 saturated heterocycles. The molecule has 9 heteroatoms. The number of rotatable bonds is 2. The number of hydrogen-bond acceptors (Lipinski definition) is 4. The summed E-state index contributed by atoms with van der Waals surface area (Å²) in [5.74, 6) is 0. The second-order valence-electron chi connectivity index (χ2n) is 2.28. The lowest BCUT2D eigenvalue weighted by molar-refractivity contribution is -0.140. The van der Waals surface area contributed by atoms with Crippen molar-refractivity contribution in [3.05, 3.63) is 10.6 Å². The van der Waals surface area contributed by atoms with Crippen molar-refractivity contribution in [1.29, 1.82) is 0 Å². The maximum absolute atomic E-state index is 12.2. The van der Waals surface area contributed by atoms with Crippen LogP contribution in [0.15, 0.2) is 0 Å². The molecule has 0 aromatic carbocycles.